The third-order valence-corrected chi connectivity index (χ3v) is 2.55. The van der Waals surface area contributed by atoms with Crippen LogP contribution < -0.4 is 5.32 Å². The highest BCUT2D eigenvalue weighted by Gasteiger charge is 2.22. The molecule has 0 aliphatic rings. The molecule has 0 saturated carbocycles. The van der Waals surface area contributed by atoms with Gasteiger partial charge < -0.3 is 9.47 Å². The van der Waals surface area contributed by atoms with Crippen LogP contribution in [0.25, 0.3) is 0 Å². The second kappa shape index (κ2) is 10.1. The van der Waals surface area contributed by atoms with E-state index in [1.807, 2.05) is 53.7 Å². The van der Waals surface area contributed by atoms with E-state index in [0.717, 1.165) is 19.3 Å². The van der Waals surface area contributed by atoms with Crippen molar-refractivity contribution in [2.24, 2.45) is 5.41 Å². The monoisotopic (exact) mass is 325 g/mol. The molecule has 1 N–H and O–H groups in total. The first-order valence-corrected chi connectivity index (χ1v) is 8.01. The third-order valence-electron chi connectivity index (χ3n) is 2.55. The van der Waals surface area contributed by atoms with Crippen molar-refractivity contribution in [1.29, 1.82) is 0 Å². The zero-order valence-corrected chi connectivity index (χ0v) is 15.3. The van der Waals surface area contributed by atoms with Gasteiger partial charge in [0.1, 0.15) is 5.60 Å². The number of nitrogens with one attached hydrogen (secondary N) is 1. The van der Waals surface area contributed by atoms with Crippen molar-refractivity contribution in [3.05, 3.63) is 24.4 Å². The second-order valence-electron chi connectivity index (χ2n) is 7.32. The fourth-order valence-corrected chi connectivity index (χ4v) is 1.40. The topological polar surface area (TPSA) is 64.6 Å². The number of rotatable bonds is 7. The van der Waals surface area contributed by atoms with Crippen molar-refractivity contribution in [3.8, 4) is 0 Å². The normalized spacial score (nSPS) is 12.6. The van der Waals surface area contributed by atoms with Gasteiger partial charge in [-0.2, -0.15) is 0 Å². The van der Waals surface area contributed by atoms with Gasteiger partial charge in [0.25, 0.3) is 0 Å². The first-order chi connectivity index (χ1) is 10.5. The smallest absolute Gasteiger partial charge is 0.411 e. The van der Waals surface area contributed by atoms with Crippen molar-refractivity contribution in [1.82, 2.24) is 5.32 Å². The maximum absolute atomic E-state index is 11.5. The van der Waals surface area contributed by atoms with Crippen molar-refractivity contribution in [2.45, 2.75) is 66.4 Å². The molecule has 0 spiro atoms. The Bertz CT molecular complexity index is 425. The van der Waals surface area contributed by atoms with E-state index in [1.165, 1.54) is 6.20 Å². The summed E-state index contributed by atoms with van der Waals surface area (Å²) in [5.74, 6) is -0.163. The van der Waals surface area contributed by atoms with E-state index >= 15 is 0 Å². The molecule has 0 aromatic heterocycles. The molecule has 0 aromatic carbocycles. The number of allylic oxidation sites excluding steroid dienone is 3. The molecule has 132 valence electrons. The highest BCUT2D eigenvalue weighted by atomic mass is 16.6. The average molecular weight is 325 g/mol. The van der Waals surface area contributed by atoms with Crippen LogP contribution in [0.2, 0.25) is 0 Å². The molecule has 0 saturated heterocycles. The number of ether oxygens (including phenoxy) is 2. The number of carbonyl (C=O) groups excluding carboxylic acids is 2. The van der Waals surface area contributed by atoms with E-state index in [0.29, 0.717) is 6.61 Å². The van der Waals surface area contributed by atoms with Crippen LogP contribution in [-0.4, -0.2) is 24.3 Å². The molecular weight excluding hydrogens is 294 g/mol. The zero-order valence-electron chi connectivity index (χ0n) is 15.3. The van der Waals surface area contributed by atoms with Crippen molar-refractivity contribution < 1.29 is 19.1 Å². The molecule has 0 atom stereocenters. The molecule has 0 bridgehead atoms. The number of hydrogen-bond acceptors (Lipinski definition) is 4. The van der Waals surface area contributed by atoms with Gasteiger partial charge in [0.2, 0.25) is 0 Å². The Labute approximate surface area is 140 Å². The molecule has 0 aliphatic carbocycles. The summed E-state index contributed by atoms with van der Waals surface area (Å²) in [4.78, 5) is 22.9. The van der Waals surface area contributed by atoms with Gasteiger partial charge in [-0.05, 0) is 66.9 Å². The average Bonchev–Trinajstić information content (AvgIpc) is 2.37. The predicted molar refractivity (Wildman–Crippen MR) is 91.9 cm³/mol. The summed E-state index contributed by atoms with van der Waals surface area (Å²) in [6.07, 6.45) is 9.34. The second-order valence-corrected chi connectivity index (χ2v) is 7.32. The number of hydrogen-bond donors (Lipinski definition) is 1. The lowest BCUT2D eigenvalue weighted by atomic mass is 9.97. The minimum atomic E-state index is -0.496. The SMILES string of the molecule is CC(C)(C)OC(=O)N/C=C/C=C\CCCCOC(=O)C(C)(C)C. The Balaban J connectivity index is 3.67. The Hall–Kier alpha value is -1.78. The van der Waals surface area contributed by atoms with Crippen LogP contribution in [0.15, 0.2) is 24.4 Å². The fraction of sp³-hybridized carbons (Fsp3) is 0.667. The number of amides is 1. The number of carbonyl (C=O) groups is 2. The van der Waals surface area contributed by atoms with Gasteiger partial charge in [0.15, 0.2) is 0 Å². The molecule has 1 amide bonds. The molecule has 0 fully saturated rings. The van der Waals surface area contributed by atoms with E-state index in [9.17, 15) is 9.59 Å². The van der Waals surface area contributed by atoms with Gasteiger partial charge in [-0.15, -0.1) is 0 Å². The first kappa shape index (κ1) is 21.2. The predicted octanol–water partition coefficient (Wildman–Crippen LogP) is 4.34. The van der Waals surface area contributed by atoms with E-state index in [1.54, 1.807) is 6.08 Å². The van der Waals surface area contributed by atoms with Gasteiger partial charge in [-0.25, -0.2) is 4.79 Å². The summed E-state index contributed by atoms with van der Waals surface area (Å²) in [6, 6.07) is 0. The summed E-state index contributed by atoms with van der Waals surface area (Å²) < 4.78 is 10.3. The first-order valence-electron chi connectivity index (χ1n) is 8.01. The van der Waals surface area contributed by atoms with Crippen LogP contribution in [0.3, 0.4) is 0 Å². The van der Waals surface area contributed by atoms with Gasteiger partial charge in [-0.1, -0.05) is 12.2 Å². The molecule has 0 radical (unpaired) electrons. The Morgan fingerprint density at radius 2 is 1.65 bits per heavy atom. The lowest BCUT2D eigenvalue weighted by molar-refractivity contribution is -0.153. The summed E-state index contributed by atoms with van der Waals surface area (Å²) in [6.45, 7) is 11.4. The highest BCUT2D eigenvalue weighted by molar-refractivity contribution is 5.75. The van der Waals surface area contributed by atoms with E-state index in [-0.39, 0.29) is 5.97 Å². The molecule has 23 heavy (non-hydrogen) atoms. The fourth-order valence-electron chi connectivity index (χ4n) is 1.40. The van der Waals surface area contributed by atoms with Gasteiger partial charge in [0, 0.05) is 6.20 Å². The molecule has 0 aliphatic heterocycles. The molecule has 0 rings (SSSR count). The molecule has 0 heterocycles. The standard InChI is InChI=1S/C18H31NO4/c1-17(2,3)15(20)22-14-12-10-8-7-9-11-13-19-16(21)23-18(4,5)6/h7,9,11,13H,8,10,12,14H2,1-6H3,(H,19,21)/b9-7-,13-11+. The minimum Gasteiger partial charge on any atom is -0.465 e. The lowest BCUT2D eigenvalue weighted by Gasteiger charge is -2.18. The summed E-state index contributed by atoms with van der Waals surface area (Å²) in [5.41, 5.74) is -0.934. The van der Waals surface area contributed by atoms with E-state index in [4.69, 9.17) is 9.47 Å². The van der Waals surface area contributed by atoms with Crippen LogP contribution in [0.5, 0.6) is 0 Å². The van der Waals surface area contributed by atoms with E-state index < -0.39 is 17.1 Å². The van der Waals surface area contributed by atoms with Crippen molar-refractivity contribution >= 4 is 12.1 Å². The molecule has 0 aromatic rings. The summed E-state index contributed by atoms with van der Waals surface area (Å²) in [7, 11) is 0. The van der Waals surface area contributed by atoms with Crippen LogP contribution in [-0.2, 0) is 14.3 Å². The summed E-state index contributed by atoms with van der Waals surface area (Å²) >= 11 is 0. The molecule has 0 unspecified atom stereocenters. The Morgan fingerprint density at radius 3 is 2.22 bits per heavy atom. The van der Waals surface area contributed by atoms with Crippen LogP contribution in [0.1, 0.15) is 60.8 Å². The maximum Gasteiger partial charge on any atom is 0.411 e. The number of unbranched alkanes of at least 4 members (excludes halogenated alkanes) is 2. The van der Waals surface area contributed by atoms with E-state index in [2.05, 4.69) is 5.32 Å². The maximum atomic E-state index is 11.5. The van der Waals surface area contributed by atoms with Crippen molar-refractivity contribution in [2.75, 3.05) is 6.61 Å². The Morgan fingerprint density at radius 1 is 1.00 bits per heavy atom. The summed E-state index contributed by atoms with van der Waals surface area (Å²) in [5, 5.41) is 2.53. The third kappa shape index (κ3) is 13.6. The zero-order chi connectivity index (χ0) is 17.9. The highest BCUT2D eigenvalue weighted by Crippen LogP contribution is 2.15. The lowest BCUT2D eigenvalue weighted by Crippen LogP contribution is -2.29. The quantitative estimate of drug-likeness (QED) is 0.429. The van der Waals surface area contributed by atoms with Crippen molar-refractivity contribution in [3.63, 3.8) is 0 Å². The number of alkyl carbamates (subject to hydrolysis) is 1. The number of esters is 1. The Kier molecular flexibility index (Phi) is 9.30. The largest absolute Gasteiger partial charge is 0.465 e. The van der Waals surface area contributed by atoms with Crippen LogP contribution in [0.4, 0.5) is 4.79 Å². The van der Waals surface area contributed by atoms with Crippen LogP contribution >= 0.6 is 0 Å². The minimum absolute atomic E-state index is 0.163. The van der Waals surface area contributed by atoms with Gasteiger partial charge in [-0.3, -0.25) is 10.1 Å². The van der Waals surface area contributed by atoms with Gasteiger partial charge >= 0.3 is 12.1 Å². The molecule has 5 heteroatoms. The molecule has 5 nitrogen and oxygen atoms in total. The van der Waals surface area contributed by atoms with Crippen LogP contribution in [0, 0.1) is 5.41 Å². The molecular formula is C18H31NO4. The van der Waals surface area contributed by atoms with Gasteiger partial charge in [0.05, 0.1) is 12.0 Å².